The van der Waals surface area contributed by atoms with E-state index in [0.717, 1.165) is 23.3 Å². The van der Waals surface area contributed by atoms with Gasteiger partial charge in [0, 0.05) is 11.9 Å². The molecule has 0 saturated carbocycles. The summed E-state index contributed by atoms with van der Waals surface area (Å²) in [5, 5.41) is 21.5. The minimum atomic E-state index is -5.18. The Bertz CT molecular complexity index is 1450. The van der Waals surface area contributed by atoms with Gasteiger partial charge < -0.3 is 34.3 Å². The van der Waals surface area contributed by atoms with Gasteiger partial charge in [0.15, 0.2) is 5.65 Å². The number of fused-ring (bicyclic) bond motifs is 1. The van der Waals surface area contributed by atoms with Crippen molar-refractivity contribution in [1.29, 1.82) is 0 Å². The van der Waals surface area contributed by atoms with Gasteiger partial charge in [-0.15, -0.1) is 17.4 Å². The van der Waals surface area contributed by atoms with Crippen LogP contribution in [0.25, 0.3) is 11.2 Å². The first-order chi connectivity index (χ1) is 26.4. The number of rotatable bonds is 32. The second-order valence-electron chi connectivity index (χ2n) is 13.9. The van der Waals surface area contributed by atoms with Gasteiger partial charge in [-0.25, -0.2) is 24.1 Å². The molecule has 1 aliphatic heterocycles. The summed E-state index contributed by atoms with van der Waals surface area (Å²) in [4.78, 5) is 37.8. The van der Waals surface area contributed by atoms with Crippen molar-refractivity contribution in [2.45, 2.75) is 171 Å². The summed E-state index contributed by atoms with van der Waals surface area (Å²) in [6.07, 6.45) is 16.8. The molecule has 2 aromatic heterocycles. The Labute approximate surface area is 335 Å². The topological polar surface area (TPSA) is 214 Å². The number of aliphatic hydroxyl groups is 2. The number of hydrogen-bond acceptors (Lipinski definition) is 15. The van der Waals surface area contributed by atoms with Crippen molar-refractivity contribution in [3.8, 4) is 0 Å². The van der Waals surface area contributed by atoms with E-state index in [9.17, 15) is 29.1 Å². The Kier molecular flexibility index (Phi) is 23.2. The molecule has 318 valence electrons. The standard InChI is InChI=1S/C35H64N4O12P2S2/c1-4-6-8-10-11-12-13-14-16-18-23-55-29(20-17-15-9-7-5-2)27(3)46-21-19-22-47-52(42,43)51-53(44,45)48-24-28-31(40)32(41)35(49-28)50-39-26-38-30-33(39)36-25-37-34(30)54/h25-29,31-32,35,40-41H,4-24H2,1-3H3,(H,42,43)(H,44,45)(H,36,37,54)/t27?,28-,29?,31-,32-,35+/m1/s1. The van der Waals surface area contributed by atoms with Crippen molar-refractivity contribution >= 4 is 51.2 Å². The van der Waals surface area contributed by atoms with Crippen molar-refractivity contribution in [3.63, 3.8) is 0 Å². The first kappa shape index (κ1) is 48.5. The highest BCUT2D eigenvalue weighted by atomic mass is 32.2. The molecule has 0 aromatic carbocycles. The van der Waals surface area contributed by atoms with Crippen molar-refractivity contribution in [3.05, 3.63) is 12.7 Å². The molecule has 2 aromatic rings. The molecule has 0 amide bonds. The maximum atomic E-state index is 12.5. The fourth-order valence-electron chi connectivity index (χ4n) is 6.12. The maximum Gasteiger partial charge on any atom is 0.481 e. The van der Waals surface area contributed by atoms with Crippen LogP contribution < -0.4 is 4.84 Å². The third-order valence-corrected chi connectivity index (χ3v) is 13.8. The average Bonchev–Trinajstić information content (AvgIpc) is 3.67. The maximum absolute atomic E-state index is 12.5. The van der Waals surface area contributed by atoms with Gasteiger partial charge in [0.05, 0.1) is 19.3 Å². The molecule has 3 rings (SSSR count). The third kappa shape index (κ3) is 18.3. The predicted molar refractivity (Wildman–Crippen MR) is 214 cm³/mol. The molecule has 0 bridgehead atoms. The lowest BCUT2D eigenvalue weighted by Crippen LogP contribution is -2.38. The van der Waals surface area contributed by atoms with Crippen molar-refractivity contribution in [2.24, 2.45) is 0 Å². The second-order valence-corrected chi connectivity index (χ2v) is 18.8. The van der Waals surface area contributed by atoms with E-state index in [1.54, 1.807) is 0 Å². The van der Waals surface area contributed by atoms with Crippen LogP contribution in [0, 0.1) is 0 Å². The molecular weight excluding hydrogens is 794 g/mol. The summed E-state index contributed by atoms with van der Waals surface area (Å²) in [5.41, 5.74) is 0.528. The number of aromatic nitrogens is 4. The molecule has 1 fully saturated rings. The molecular formula is C35H64N4O12P2S2. The lowest BCUT2D eigenvalue weighted by Gasteiger charge is -2.24. The highest BCUT2D eigenvalue weighted by molar-refractivity contribution is 7.99. The van der Waals surface area contributed by atoms with Crippen LogP contribution in [0.3, 0.4) is 0 Å². The number of hydrogen-bond donors (Lipinski definition) is 5. The fourth-order valence-corrected chi connectivity index (χ4v) is 9.80. The monoisotopic (exact) mass is 858 g/mol. The van der Waals surface area contributed by atoms with E-state index in [1.165, 1.54) is 103 Å². The second kappa shape index (κ2) is 26.3. The van der Waals surface area contributed by atoms with Crippen LogP contribution in [0.5, 0.6) is 0 Å². The minimum Gasteiger partial charge on any atom is -0.387 e. The first-order valence-corrected chi connectivity index (χ1v) is 24.3. The summed E-state index contributed by atoms with van der Waals surface area (Å²) in [7, 11) is -10.2. The Balaban J connectivity index is 1.34. The van der Waals surface area contributed by atoms with Crippen LogP contribution in [0.1, 0.15) is 130 Å². The number of imidazole rings is 1. The largest absolute Gasteiger partial charge is 0.481 e. The minimum absolute atomic E-state index is 0.0200. The average molecular weight is 859 g/mol. The number of thiol groups is 1. The molecule has 1 aliphatic rings. The number of phosphoric acid groups is 2. The molecule has 55 heavy (non-hydrogen) atoms. The molecule has 20 heteroatoms. The molecule has 1 saturated heterocycles. The molecule has 0 aliphatic carbocycles. The normalized spacial score (nSPS) is 22.1. The highest BCUT2D eigenvalue weighted by Crippen LogP contribution is 2.60. The molecule has 4 N–H and O–H groups in total. The van der Waals surface area contributed by atoms with Crippen LogP contribution in [0.4, 0.5) is 0 Å². The zero-order valence-electron chi connectivity index (χ0n) is 32.6. The van der Waals surface area contributed by atoms with Gasteiger partial charge in [0.25, 0.3) is 6.29 Å². The summed E-state index contributed by atoms with van der Waals surface area (Å²) in [6, 6.07) is 0. The SMILES string of the molecule is CCCCCCCCCCCCSC(CCCCCCC)C(C)OCCCOP(=O)(O)OP(=O)(O)OC[C@H]1O[C@@H](On2cnc3c(S)ncnc32)[C@H](O)[C@@H]1O. The number of thioether (sulfide) groups is 1. The van der Waals surface area contributed by atoms with Crippen LogP contribution >= 0.6 is 40.0 Å². The van der Waals surface area contributed by atoms with E-state index in [4.69, 9.17) is 23.4 Å². The van der Waals surface area contributed by atoms with Crippen molar-refractivity contribution < 1.29 is 56.8 Å². The van der Waals surface area contributed by atoms with Crippen LogP contribution in [-0.2, 0) is 32.0 Å². The zero-order chi connectivity index (χ0) is 40.1. The Hall–Kier alpha value is -0.850. The van der Waals surface area contributed by atoms with Crippen molar-refractivity contribution in [1.82, 2.24) is 19.7 Å². The van der Waals surface area contributed by atoms with E-state index in [2.05, 4.69) is 52.7 Å². The lowest BCUT2D eigenvalue weighted by molar-refractivity contribution is -0.168. The van der Waals surface area contributed by atoms with E-state index < -0.39 is 46.9 Å². The van der Waals surface area contributed by atoms with Crippen molar-refractivity contribution in [2.75, 3.05) is 25.6 Å². The zero-order valence-corrected chi connectivity index (χ0v) is 36.1. The number of aliphatic hydroxyl groups excluding tert-OH is 2. The van der Waals surface area contributed by atoms with E-state index in [1.807, 2.05) is 11.8 Å². The lowest BCUT2D eigenvalue weighted by atomic mass is 10.1. The van der Waals surface area contributed by atoms with Crippen LogP contribution in [0.2, 0.25) is 0 Å². The Morgan fingerprint density at radius 3 is 2.13 bits per heavy atom. The third-order valence-electron chi connectivity index (χ3n) is 9.30. The van der Waals surface area contributed by atoms with Gasteiger partial charge >= 0.3 is 15.6 Å². The number of nitrogens with zero attached hydrogens (tertiary/aromatic N) is 4. The predicted octanol–water partition coefficient (Wildman–Crippen LogP) is 7.42. The van der Waals surface area contributed by atoms with Crippen LogP contribution in [0.15, 0.2) is 17.7 Å². The van der Waals surface area contributed by atoms with E-state index in [0.29, 0.717) is 10.8 Å². The highest BCUT2D eigenvalue weighted by Gasteiger charge is 2.47. The molecule has 0 radical (unpaired) electrons. The van der Waals surface area contributed by atoms with Gasteiger partial charge in [-0.05, 0) is 31.9 Å². The Morgan fingerprint density at radius 2 is 1.45 bits per heavy atom. The van der Waals surface area contributed by atoms with E-state index >= 15 is 0 Å². The number of unbranched alkanes of at least 4 members (excludes halogenated alkanes) is 13. The Morgan fingerprint density at radius 1 is 0.836 bits per heavy atom. The van der Waals surface area contributed by atoms with E-state index in [-0.39, 0.29) is 36.4 Å². The van der Waals surface area contributed by atoms with Gasteiger partial charge in [0.1, 0.15) is 41.5 Å². The fraction of sp³-hybridized carbons (Fsp3) is 0.857. The summed E-state index contributed by atoms with van der Waals surface area (Å²) in [6.45, 7) is 5.71. The summed E-state index contributed by atoms with van der Waals surface area (Å²) < 4.78 is 51.8. The number of ether oxygens (including phenoxy) is 2. The smallest absolute Gasteiger partial charge is 0.387 e. The van der Waals surface area contributed by atoms with Gasteiger partial charge in [-0.1, -0.05) is 104 Å². The van der Waals surface area contributed by atoms with Gasteiger partial charge in [0.2, 0.25) is 0 Å². The first-order valence-electron chi connectivity index (χ1n) is 19.8. The van der Waals surface area contributed by atoms with Crippen LogP contribution in [-0.4, -0.2) is 101 Å². The molecule has 16 nitrogen and oxygen atoms in total. The molecule has 3 heterocycles. The van der Waals surface area contributed by atoms with Gasteiger partial charge in [-0.3, -0.25) is 9.05 Å². The molecule has 0 spiro atoms. The summed E-state index contributed by atoms with van der Waals surface area (Å²) >= 11 is 6.16. The van der Waals surface area contributed by atoms with Gasteiger partial charge in [-0.2, -0.15) is 16.1 Å². The molecule has 8 atom stereocenters. The molecule has 4 unspecified atom stereocenters. The quantitative estimate of drug-likeness (QED) is 0.0210. The number of phosphoric ester groups is 2. The summed E-state index contributed by atoms with van der Waals surface area (Å²) in [5.74, 6) is 1.10.